The summed E-state index contributed by atoms with van der Waals surface area (Å²) in [5, 5.41) is 0. The summed E-state index contributed by atoms with van der Waals surface area (Å²) in [4.78, 5) is 20.0. The maximum atomic E-state index is 13.9. The second-order valence-corrected chi connectivity index (χ2v) is 8.59. The Morgan fingerprint density at radius 1 is 1.06 bits per heavy atom. The Labute approximate surface area is 185 Å². The standard InChI is InChI=1S/C22H22F7N3O/c23-17-3-1-2-15(18(17)22(27,28)29)13-5-8-32(9-6-13)20(33)19-16-11-31(12-21(24,25)26)7-4-14(16)10-30-19/h1-3,13H,4-12H2. The molecule has 1 fully saturated rings. The number of hydrogen-bond acceptors (Lipinski definition) is 3. The van der Waals surface area contributed by atoms with Gasteiger partial charge in [-0.1, -0.05) is 12.1 Å². The molecule has 33 heavy (non-hydrogen) atoms. The molecule has 1 aromatic carbocycles. The van der Waals surface area contributed by atoms with Gasteiger partial charge in [0.15, 0.2) is 0 Å². The van der Waals surface area contributed by atoms with Crippen molar-refractivity contribution in [1.29, 1.82) is 0 Å². The Balaban J connectivity index is 1.43. The van der Waals surface area contributed by atoms with Crippen LogP contribution in [0.1, 0.15) is 36.3 Å². The molecule has 4 nitrogen and oxygen atoms in total. The van der Waals surface area contributed by atoms with E-state index in [0.29, 0.717) is 12.0 Å². The summed E-state index contributed by atoms with van der Waals surface area (Å²) in [7, 11) is 0. The predicted molar refractivity (Wildman–Crippen MR) is 106 cm³/mol. The third-order valence-electron chi connectivity index (χ3n) is 6.41. The number of aliphatic imine (C=N–C) groups is 1. The first kappa shape index (κ1) is 23.7. The molecule has 0 spiro atoms. The first-order valence-corrected chi connectivity index (χ1v) is 10.6. The summed E-state index contributed by atoms with van der Waals surface area (Å²) in [6.07, 6.45) is -8.31. The minimum atomic E-state index is -4.82. The van der Waals surface area contributed by atoms with Gasteiger partial charge in [0.25, 0.3) is 5.91 Å². The molecule has 0 aromatic heterocycles. The van der Waals surface area contributed by atoms with Crippen LogP contribution in [0.25, 0.3) is 0 Å². The van der Waals surface area contributed by atoms with Gasteiger partial charge in [-0.15, -0.1) is 0 Å². The van der Waals surface area contributed by atoms with Crippen molar-refractivity contribution in [3.8, 4) is 0 Å². The third-order valence-corrected chi connectivity index (χ3v) is 6.41. The van der Waals surface area contributed by atoms with Crippen LogP contribution in [0, 0.1) is 5.82 Å². The van der Waals surface area contributed by atoms with Crippen LogP contribution >= 0.6 is 0 Å². The summed E-state index contributed by atoms with van der Waals surface area (Å²) < 4.78 is 92.4. The number of alkyl halides is 6. The molecule has 3 aliphatic rings. The lowest BCUT2D eigenvalue weighted by molar-refractivity contribution is -0.145. The summed E-state index contributed by atoms with van der Waals surface area (Å²) in [5.74, 6) is -2.29. The molecule has 0 unspecified atom stereocenters. The van der Waals surface area contributed by atoms with E-state index in [1.165, 1.54) is 21.9 Å². The Bertz CT molecular complexity index is 989. The number of benzene rings is 1. The first-order valence-electron chi connectivity index (χ1n) is 10.6. The van der Waals surface area contributed by atoms with Gasteiger partial charge < -0.3 is 4.90 Å². The average Bonchev–Trinajstić information content (AvgIpc) is 3.14. The molecular weight excluding hydrogens is 455 g/mol. The van der Waals surface area contributed by atoms with Gasteiger partial charge in [-0.3, -0.25) is 14.7 Å². The van der Waals surface area contributed by atoms with E-state index >= 15 is 0 Å². The fraction of sp³-hybridized carbons (Fsp3) is 0.545. The van der Waals surface area contributed by atoms with Gasteiger partial charge in [0.1, 0.15) is 11.5 Å². The molecule has 1 aromatic rings. The van der Waals surface area contributed by atoms with Crippen LogP contribution in [0.5, 0.6) is 0 Å². The van der Waals surface area contributed by atoms with Crippen molar-refractivity contribution in [3.05, 3.63) is 46.3 Å². The van der Waals surface area contributed by atoms with Crippen LogP contribution in [-0.4, -0.2) is 66.9 Å². The maximum absolute atomic E-state index is 13.9. The molecule has 180 valence electrons. The molecule has 1 amide bonds. The van der Waals surface area contributed by atoms with E-state index in [9.17, 15) is 35.5 Å². The zero-order valence-electron chi connectivity index (χ0n) is 17.6. The van der Waals surface area contributed by atoms with Gasteiger partial charge in [0.05, 0.1) is 18.7 Å². The van der Waals surface area contributed by atoms with Crippen LogP contribution in [0.3, 0.4) is 0 Å². The number of piperidine rings is 1. The molecule has 0 N–H and O–H groups in total. The molecule has 1 saturated heterocycles. The van der Waals surface area contributed by atoms with E-state index in [1.54, 1.807) is 0 Å². The Kier molecular flexibility index (Phi) is 6.28. The van der Waals surface area contributed by atoms with E-state index in [4.69, 9.17) is 0 Å². The number of hydrogen-bond donors (Lipinski definition) is 0. The smallest absolute Gasteiger partial charge is 0.337 e. The number of carbonyl (C=O) groups excluding carboxylic acids is 1. The highest BCUT2D eigenvalue weighted by Crippen LogP contribution is 2.40. The SMILES string of the molecule is O=C(C1=NCC2=C1CN(CC(F)(F)F)CC2)N1CCC(c2cccc(F)c2C(F)(F)F)CC1. The highest BCUT2D eigenvalue weighted by molar-refractivity contribution is 6.46. The largest absolute Gasteiger partial charge is 0.419 e. The number of likely N-dealkylation sites (tertiary alicyclic amines) is 1. The van der Waals surface area contributed by atoms with Gasteiger partial charge in [-0.05, 0) is 48.0 Å². The van der Waals surface area contributed by atoms with Gasteiger partial charge in [-0.25, -0.2) is 4.39 Å². The number of carbonyl (C=O) groups is 1. The van der Waals surface area contributed by atoms with Gasteiger partial charge in [0, 0.05) is 26.2 Å². The van der Waals surface area contributed by atoms with E-state index in [0.717, 1.165) is 11.6 Å². The van der Waals surface area contributed by atoms with E-state index in [1.807, 2.05) is 0 Å². The molecule has 4 rings (SSSR count). The van der Waals surface area contributed by atoms with E-state index in [-0.39, 0.29) is 56.8 Å². The Hall–Kier alpha value is -2.43. The number of nitrogens with zero attached hydrogens (tertiary/aromatic N) is 3. The van der Waals surface area contributed by atoms with Crippen molar-refractivity contribution in [1.82, 2.24) is 9.80 Å². The lowest BCUT2D eigenvalue weighted by Crippen LogP contribution is -2.45. The molecule has 3 heterocycles. The molecule has 0 radical (unpaired) electrons. The van der Waals surface area contributed by atoms with Gasteiger partial charge >= 0.3 is 12.4 Å². The van der Waals surface area contributed by atoms with Gasteiger partial charge in [-0.2, -0.15) is 26.3 Å². The fourth-order valence-electron chi connectivity index (χ4n) is 4.85. The topological polar surface area (TPSA) is 35.9 Å². The van der Waals surface area contributed by atoms with E-state index < -0.39 is 42.1 Å². The quantitative estimate of drug-likeness (QED) is 0.598. The zero-order chi connectivity index (χ0) is 24.0. The van der Waals surface area contributed by atoms with Crippen molar-refractivity contribution in [2.75, 3.05) is 39.3 Å². The van der Waals surface area contributed by atoms with Crippen molar-refractivity contribution in [2.24, 2.45) is 4.99 Å². The Morgan fingerprint density at radius 3 is 2.39 bits per heavy atom. The molecule has 0 saturated carbocycles. The van der Waals surface area contributed by atoms with Crippen LogP contribution in [0.4, 0.5) is 30.7 Å². The Morgan fingerprint density at radius 2 is 1.76 bits per heavy atom. The zero-order valence-corrected chi connectivity index (χ0v) is 17.6. The summed E-state index contributed by atoms with van der Waals surface area (Å²) >= 11 is 0. The normalized spacial score (nSPS) is 20.8. The van der Waals surface area contributed by atoms with Crippen molar-refractivity contribution < 1.29 is 35.5 Å². The summed E-state index contributed by atoms with van der Waals surface area (Å²) in [6, 6.07) is 3.29. The summed E-state index contributed by atoms with van der Waals surface area (Å²) in [5.41, 5.74) is 0.157. The molecule has 3 aliphatic heterocycles. The van der Waals surface area contributed by atoms with Gasteiger partial charge in [0.2, 0.25) is 0 Å². The maximum Gasteiger partial charge on any atom is 0.419 e. The molecule has 0 atom stereocenters. The number of amides is 1. The second kappa shape index (κ2) is 8.73. The monoisotopic (exact) mass is 477 g/mol. The molecule has 11 heteroatoms. The minimum absolute atomic E-state index is 0.00584. The number of halogens is 7. The van der Waals surface area contributed by atoms with Crippen molar-refractivity contribution in [3.63, 3.8) is 0 Å². The fourth-order valence-corrected chi connectivity index (χ4v) is 4.85. The van der Waals surface area contributed by atoms with Crippen LogP contribution in [0.2, 0.25) is 0 Å². The number of rotatable bonds is 3. The third kappa shape index (κ3) is 5.07. The van der Waals surface area contributed by atoms with Crippen LogP contribution < -0.4 is 0 Å². The summed E-state index contributed by atoms with van der Waals surface area (Å²) in [6.45, 7) is -0.225. The minimum Gasteiger partial charge on any atom is -0.337 e. The lowest BCUT2D eigenvalue weighted by Gasteiger charge is -2.34. The average molecular weight is 477 g/mol. The molecule has 0 aliphatic carbocycles. The highest BCUT2D eigenvalue weighted by Gasteiger charge is 2.40. The van der Waals surface area contributed by atoms with E-state index in [2.05, 4.69) is 4.99 Å². The van der Waals surface area contributed by atoms with Crippen LogP contribution in [-0.2, 0) is 11.0 Å². The van der Waals surface area contributed by atoms with Crippen molar-refractivity contribution >= 4 is 11.6 Å². The predicted octanol–water partition coefficient (Wildman–Crippen LogP) is 4.57. The van der Waals surface area contributed by atoms with Crippen molar-refractivity contribution in [2.45, 2.75) is 37.5 Å². The highest BCUT2D eigenvalue weighted by atomic mass is 19.4. The first-order chi connectivity index (χ1) is 15.4. The second-order valence-electron chi connectivity index (χ2n) is 8.59. The van der Waals surface area contributed by atoms with Crippen LogP contribution in [0.15, 0.2) is 34.3 Å². The lowest BCUT2D eigenvalue weighted by atomic mass is 9.85. The molecular formula is C22H22F7N3O. The molecule has 0 bridgehead atoms.